The summed E-state index contributed by atoms with van der Waals surface area (Å²) in [6.45, 7) is 0. The van der Waals surface area contributed by atoms with Crippen molar-refractivity contribution in [3.05, 3.63) is 75.8 Å². The summed E-state index contributed by atoms with van der Waals surface area (Å²) >= 11 is 0. The molecule has 0 spiro atoms. The van der Waals surface area contributed by atoms with Gasteiger partial charge in [0.25, 0.3) is 5.69 Å². The van der Waals surface area contributed by atoms with E-state index in [4.69, 9.17) is 0 Å². The molecule has 1 saturated heterocycles. The third kappa shape index (κ3) is 2.31. The molecule has 5 heteroatoms. The van der Waals surface area contributed by atoms with Gasteiger partial charge in [-0.1, -0.05) is 30.3 Å². The smallest absolute Gasteiger partial charge is 0.269 e. The largest absolute Gasteiger partial charge is 0.297 e. The summed E-state index contributed by atoms with van der Waals surface area (Å²) in [5.41, 5.74) is 1.56. The van der Waals surface area contributed by atoms with Crippen LogP contribution in [0.15, 0.2) is 54.6 Å². The lowest BCUT2D eigenvalue weighted by Crippen LogP contribution is -2.10. The van der Waals surface area contributed by atoms with E-state index in [-0.39, 0.29) is 23.6 Å². The van der Waals surface area contributed by atoms with Crippen molar-refractivity contribution in [1.82, 2.24) is 5.32 Å². The molecule has 1 fully saturated rings. The molecular weight excluding hydrogens is 256 g/mol. The Balaban J connectivity index is 1.73. The zero-order chi connectivity index (χ0) is 14.1. The second-order valence-electron chi connectivity index (χ2n) is 4.70. The number of nitro groups is 1. The van der Waals surface area contributed by atoms with E-state index in [0.29, 0.717) is 5.56 Å². The van der Waals surface area contributed by atoms with E-state index in [1.807, 2.05) is 30.3 Å². The Morgan fingerprint density at radius 1 is 1.05 bits per heavy atom. The van der Waals surface area contributed by atoms with Crippen molar-refractivity contribution < 1.29 is 9.72 Å². The summed E-state index contributed by atoms with van der Waals surface area (Å²) < 4.78 is 0. The number of nitrogens with one attached hydrogen (secondary N) is 1. The van der Waals surface area contributed by atoms with Gasteiger partial charge in [-0.15, -0.1) is 0 Å². The Hall–Kier alpha value is -2.53. The van der Waals surface area contributed by atoms with Crippen molar-refractivity contribution in [1.29, 1.82) is 0 Å². The fourth-order valence-corrected chi connectivity index (χ4v) is 2.24. The highest BCUT2D eigenvalue weighted by Crippen LogP contribution is 2.32. The van der Waals surface area contributed by atoms with Crippen molar-refractivity contribution in [3.63, 3.8) is 0 Å². The van der Waals surface area contributed by atoms with Gasteiger partial charge in [-0.25, -0.2) is 0 Å². The van der Waals surface area contributed by atoms with Gasteiger partial charge in [0.1, 0.15) is 0 Å². The van der Waals surface area contributed by atoms with Crippen LogP contribution in [0.3, 0.4) is 0 Å². The molecule has 2 atom stereocenters. The maximum Gasteiger partial charge on any atom is 0.269 e. The molecule has 1 aliphatic rings. The van der Waals surface area contributed by atoms with E-state index in [9.17, 15) is 14.9 Å². The number of nitro benzene ring substituents is 1. The van der Waals surface area contributed by atoms with Gasteiger partial charge >= 0.3 is 0 Å². The summed E-state index contributed by atoms with van der Waals surface area (Å²) in [6.07, 6.45) is 0. The average Bonchev–Trinajstić information content (AvgIpc) is 3.28. The Morgan fingerprint density at radius 2 is 1.70 bits per heavy atom. The molecule has 0 aliphatic carbocycles. The van der Waals surface area contributed by atoms with Gasteiger partial charge in [0, 0.05) is 17.7 Å². The first-order valence-corrected chi connectivity index (χ1v) is 6.26. The van der Waals surface area contributed by atoms with Gasteiger partial charge in [0.2, 0.25) is 0 Å². The fraction of sp³-hybridized carbons (Fsp3) is 0.133. The lowest BCUT2D eigenvalue weighted by Gasteiger charge is -1.99. The molecule has 2 aromatic rings. The van der Waals surface area contributed by atoms with Gasteiger partial charge in [-0.2, -0.15) is 0 Å². The van der Waals surface area contributed by atoms with Crippen LogP contribution in [0.2, 0.25) is 0 Å². The van der Waals surface area contributed by atoms with E-state index in [0.717, 1.165) is 5.56 Å². The lowest BCUT2D eigenvalue weighted by molar-refractivity contribution is -0.384. The van der Waals surface area contributed by atoms with Gasteiger partial charge in [-0.3, -0.25) is 20.2 Å². The molecule has 0 saturated carbocycles. The lowest BCUT2D eigenvalue weighted by atomic mass is 10.0. The van der Waals surface area contributed by atoms with Crippen LogP contribution in [0.25, 0.3) is 0 Å². The Labute approximate surface area is 115 Å². The summed E-state index contributed by atoms with van der Waals surface area (Å²) in [6, 6.07) is 15.3. The molecule has 0 bridgehead atoms. The zero-order valence-electron chi connectivity index (χ0n) is 10.5. The van der Waals surface area contributed by atoms with E-state index in [1.54, 1.807) is 0 Å². The molecule has 3 rings (SSSR count). The number of hydrogen-bond donors (Lipinski definition) is 1. The normalized spacial score (nSPS) is 20.4. The van der Waals surface area contributed by atoms with Crippen molar-refractivity contribution >= 4 is 11.5 Å². The molecule has 2 aromatic carbocycles. The SMILES string of the molecule is O=C(c1ccc([N+](=O)[O-])cc1)[C@@H]1N[C@@H]1c1ccccc1. The highest BCUT2D eigenvalue weighted by molar-refractivity contribution is 6.02. The molecule has 0 aromatic heterocycles. The maximum atomic E-state index is 12.2. The standard InChI is InChI=1S/C15H12N2O3/c18-15(11-6-8-12(9-7-11)17(19)20)14-13(16-14)10-4-2-1-3-5-10/h1-9,13-14,16H/t13-,14-/m1/s1. The predicted octanol–water partition coefficient (Wildman–Crippen LogP) is 2.49. The van der Waals surface area contributed by atoms with Crippen LogP contribution < -0.4 is 5.32 Å². The maximum absolute atomic E-state index is 12.2. The highest BCUT2D eigenvalue weighted by atomic mass is 16.6. The van der Waals surface area contributed by atoms with E-state index in [1.165, 1.54) is 24.3 Å². The Morgan fingerprint density at radius 3 is 2.30 bits per heavy atom. The van der Waals surface area contributed by atoms with Crippen LogP contribution in [0.4, 0.5) is 5.69 Å². The fourth-order valence-electron chi connectivity index (χ4n) is 2.24. The number of benzene rings is 2. The van der Waals surface area contributed by atoms with Crippen LogP contribution in [-0.2, 0) is 0 Å². The minimum Gasteiger partial charge on any atom is -0.297 e. The zero-order valence-corrected chi connectivity index (χ0v) is 10.5. The van der Waals surface area contributed by atoms with Crippen LogP contribution in [0, 0.1) is 10.1 Å². The van der Waals surface area contributed by atoms with Crippen LogP contribution in [0.1, 0.15) is 22.0 Å². The van der Waals surface area contributed by atoms with Gasteiger partial charge in [-0.05, 0) is 17.7 Å². The third-order valence-electron chi connectivity index (χ3n) is 3.39. The van der Waals surface area contributed by atoms with Crippen molar-refractivity contribution in [2.45, 2.75) is 12.1 Å². The van der Waals surface area contributed by atoms with Crippen molar-refractivity contribution in [2.24, 2.45) is 0 Å². The van der Waals surface area contributed by atoms with Crippen molar-refractivity contribution in [3.8, 4) is 0 Å². The number of nitrogens with zero attached hydrogens (tertiary/aromatic N) is 1. The number of carbonyl (C=O) groups excluding carboxylic acids is 1. The quantitative estimate of drug-likeness (QED) is 0.399. The van der Waals surface area contributed by atoms with Crippen molar-refractivity contribution in [2.75, 3.05) is 0 Å². The van der Waals surface area contributed by atoms with Crippen LogP contribution >= 0.6 is 0 Å². The number of ketones is 1. The van der Waals surface area contributed by atoms with E-state index >= 15 is 0 Å². The monoisotopic (exact) mass is 268 g/mol. The number of non-ortho nitro benzene ring substituents is 1. The minimum atomic E-state index is -0.476. The van der Waals surface area contributed by atoms with Gasteiger partial charge in [0.05, 0.1) is 17.0 Å². The van der Waals surface area contributed by atoms with Gasteiger partial charge < -0.3 is 0 Å². The Bertz CT molecular complexity index is 653. The Kier molecular flexibility index (Phi) is 3.04. The number of Topliss-reactive ketones (excluding diaryl/α,β-unsaturated/α-hetero) is 1. The molecule has 1 aliphatic heterocycles. The first kappa shape index (κ1) is 12.5. The number of rotatable bonds is 4. The number of hydrogen-bond acceptors (Lipinski definition) is 4. The predicted molar refractivity (Wildman–Crippen MR) is 73.5 cm³/mol. The minimum absolute atomic E-state index is 0.00934. The molecule has 20 heavy (non-hydrogen) atoms. The summed E-state index contributed by atoms with van der Waals surface area (Å²) in [4.78, 5) is 22.3. The molecule has 0 radical (unpaired) electrons. The highest BCUT2D eigenvalue weighted by Gasteiger charge is 2.43. The molecule has 1 N–H and O–H groups in total. The molecule has 1 heterocycles. The molecular formula is C15H12N2O3. The first-order valence-electron chi connectivity index (χ1n) is 6.26. The van der Waals surface area contributed by atoms with Gasteiger partial charge in [0.15, 0.2) is 5.78 Å². The average molecular weight is 268 g/mol. The summed E-state index contributed by atoms with van der Waals surface area (Å²) in [5, 5.41) is 13.7. The summed E-state index contributed by atoms with van der Waals surface area (Å²) in [7, 11) is 0. The van der Waals surface area contributed by atoms with E-state index < -0.39 is 4.92 Å². The number of carbonyl (C=O) groups is 1. The summed E-state index contributed by atoms with van der Waals surface area (Å²) in [5.74, 6) is -0.0336. The molecule has 0 amide bonds. The second kappa shape index (κ2) is 4.86. The van der Waals surface area contributed by atoms with Crippen LogP contribution in [0.5, 0.6) is 0 Å². The second-order valence-corrected chi connectivity index (χ2v) is 4.70. The molecule has 5 nitrogen and oxygen atoms in total. The first-order chi connectivity index (χ1) is 9.66. The molecule has 100 valence electrons. The van der Waals surface area contributed by atoms with Crippen LogP contribution in [-0.4, -0.2) is 16.7 Å². The molecule has 0 unspecified atom stereocenters. The van der Waals surface area contributed by atoms with E-state index in [2.05, 4.69) is 5.32 Å². The topological polar surface area (TPSA) is 82.1 Å². The third-order valence-corrected chi connectivity index (χ3v) is 3.39.